The number of aliphatic hydroxyl groups excluding tert-OH is 1. The van der Waals surface area contributed by atoms with Crippen LogP contribution in [0.5, 0.6) is 0 Å². The van der Waals surface area contributed by atoms with E-state index < -0.39 is 0 Å². The van der Waals surface area contributed by atoms with Gasteiger partial charge in [-0.25, -0.2) is 4.98 Å². The molecule has 0 saturated carbocycles. The molecule has 3 aromatic rings. The molecule has 2 fully saturated rings. The molecule has 32 heavy (non-hydrogen) atoms. The highest BCUT2D eigenvalue weighted by Crippen LogP contribution is 2.27. The van der Waals surface area contributed by atoms with E-state index in [1.54, 1.807) is 0 Å². The Bertz CT molecular complexity index is 999. The first-order chi connectivity index (χ1) is 15.7. The van der Waals surface area contributed by atoms with Crippen LogP contribution in [0.3, 0.4) is 0 Å². The van der Waals surface area contributed by atoms with Gasteiger partial charge in [-0.3, -0.25) is 4.90 Å². The second-order valence-corrected chi connectivity index (χ2v) is 9.24. The Morgan fingerprint density at radius 3 is 2.16 bits per heavy atom. The van der Waals surface area contributed by atoms with Crippen LogP contribution in [0.1, 0.15) is 37.1 Å². The molecule has 2 aliphatic heterocycles. The molecular formula is C27H33N3O2. The molecule has 168 valence electrons. The summed E-state index contributed by atoms with van der Waals surface area (Å²) < 4.78 is 6.04. The van der Waals surface area contributed by atoms with Gasteiger partial charge < -0.3 is 14.4 Å². The number of oxazole rings is 1. The number of likely N-dealkylation sites (tertiary alicyclic amines) is 2. The Balaban J connectivity index is 1.19. The summed E-state index contributed by atoms with van der Waals surface area (Å²) in [7, 11) is 0. The second kappa shape index (κ2) is 9.57. The van der Waals surface area contributed by atoms with Gasteiger partial charge in [-0.05, 0) is 55.9 Å². The Kier molecular flexibility index (Phi) is 6.39. The molecule has 1 aromatic heterocycles. The van der Waals surface area contributed by atoms with Gasteiger partial charge in [0.15, 0.2) is 0 Å². The summed E-state index contributed by atoms with van der Waals surface area (Å²) in [4.78, 5) is 9.94. The maximum Gasteiger partial charge on any atom is 0.226 e. The predicted molar refractivity (Wildman–Crippen MR) is 127 cm³/mol. The zero-order valence-corrected chi connectivity index (χ0v) is 18.9. The molecule has 3 heterocycles. The first-order valence-corrected chi connectivity index (χ1v) is 11.9. The van der Waals surface area contributed by atoms with Crippen LogP contribution in [0.25, 0.3) is 22.6 Å². The van der Waals surface area contributed by atoms with E-state index in [1.807, 2.05) is 13.0 Å². The fraction of sp³-hybridized carbons (Fsp3) is 0.444. The quantitative estimate of drug-likeness (QED) is 0.632. The summed E-state index contributed by atoms with van der Waals surface area (Å²) in [6, 6.07) is 19.5. The van der Waals surface area contributed by atoms with Gasteiger partial charge in [0.05, 0.1) is 11.8 Å². The van der Waals surface area contributed by atoms with E-state index in [0.29, 0.717) is 11.9 Å². The van der Waals surface area contributed by atoms with E-state index in [0.717, 1.165) is 62.6 Å². The van der Waals surface area contributed by atoms with Crippen molar-refractivity contribution in [1.29, 1.82) is 0 Å². The maximum atomic E-state index is 9.76. The number of aromatic nitrogens is 1. The van der Waals surface area contributed by atoms with E-state index in [1.165, 1.54) is 24.0 Å². The number of hydrogen-bond acceptors (Lipinski definition) is 5. The Morgan fingerprint density at radius 2 is 1.47 bits per heavy atom. The molecule has 0 radical (unpaired) electrons. The minimum Gasteiger partial charge on any atom is -0.441 e. The smallest absolute Gasteiger partial charge is 0.226 e. The lowest BCUT2D eigenvalue weighted by molar-refractivity contribution is 0.0373. The number of nitrogens with zero attached hydrogens (tertiary/aromatic N) is 3. The standard InChI is InChI=1S/C27H33N3O2/c1-20-26(19-29-15-11-24(12-16-29)30-17-13-25(31)14-18-30)28-27(32-20)23-9-7-22(8-10-23)21-5-3-2-4-6-21/h2-10,24-25,31H,11-19H2,1H3. The molecular weight excluding hydrogens is 398 g/mol. The van der Waals surface area contributed by atoms with Crippen molar-refractivity contribution in [3.8, 4) is 22.6 Å². The van der Waals surface area contributed by atoms with Crippen molar-refractivity contribution in [3.05, 3.63) is 66.1 Å². The zero-order valence-electron chi connectivity index (χ0n) is 18.9. The number of benzene rings is 2. The zero-order chi connectivity index (χ0) is 21.9. The predicted octanol–water partition coefficient (Wildman–Crippen LogP) is 4.74. The van der Waals surface area contributed by atoms with Crippen molar-refractivity contribution >= 4 is 0 Å². The Morgan fingerprint density at radius 1 is 0.844 bits per heavy atom. The largest absolute Gasteiger partial charge is 0.441 e. The second-order valence-electron chi connectivity index (χ2n) is 9.24. The molecule has 5 nitrogen and oxygen atoms in total. The van der Waals surface area contributed by atoms with E-state index in [2.05, 4.69) is 58.3 Å². The summed E-state index contributed by atoms with van der Waals surface area (Å²) in [6.07, 6.45) is 4.15. The third-order valence-corrected chi connectivity index (χ3v) is 7.08. The van der Waals surface area contributed by atoms with Gasteiger partial charge in [0, 0.05) is 44.3 Å². The van der Waals surface area contributed by atoms with Crippen molar-refractivity contribution in [2.24, 2.45) is 0 Å². The molecule has 2 aliphatic rings. The van der Waals surface area contributed by atoms with Gasteiger partial charge >= 0.3 is 0 Å². The lowest BCUT2D eigenvalue weighted by Gasteiger charge is -2.41. The van der Waals surface area contributed by atoms with Crippen LogP contribution in [-0.4, -0.2) is 58.2 Å². The summed E-state index contributed by atoms with van der Waals surface area (Å²) in [5.74, 6) is 1.62. The third kappa shape index (κ3) is 4.80. The first kappa shape index (κ1) is 21.4. The lowest BCUT2D eigenvalue weighted by atomic mass is 9.99. The molecule has 5 heteroatoms. The Labute approximate surface area is 190 Å². The molecule has 0 amide bonds. The van der Waals surface area contributed by atoms with E-state index in [9.17, 15) is 5.11 Å². The topological polar surface area (TPSA) is 52.7 Å². The number of piperidine rings is 2. The summed E-state index contributed by atoms with van der Waals surface area (Å²) in [5.41, 5.74) is 4.48. The fourth-order valence-corrected chi connectivity index (χ4v) is 5.04. The maximum absolute atomic E-state index is 9.76. The number of hydrogen-bond donors (Lipinski definition) is 1. The van der Waals surface area contributed by atoms with Crippen LogP contribution < -0.4 is 0 Å². The number of rotatable bonds is 5. The van der Waals surface area contributed by atoms with Crippen molar-refractivity contribution in [2.45, 2.75) is 51.3 Å². The van der Waals surface area contributed by atoms with Gasteiger partial charge in [-0.1, -0.05) is 42.5 Å². The van der Waals surface area contributed by atoms with Crippen LogP contribution in [0, 0.1) is 6.92 Å². The number of aryl methyl sites for hydroxylation is 1. The van der Waals surface area contributed by atoms with Crippen LogP contribution in [-0.2, 0) is 6.54 Å². The summed E-state index contributed by atoms with van der Waals surface area (Å²) in [5, 5.41) is 9.76. The third-order valence-electron chi connectivity index (χ3n) is 7.08. The normalized spacial score (nSPS) is 19.4. The first-order valence-electron chi connectivity index (χ1n) is 11.9. The molecule has 0 unspecified atom stereocenters. The van der Waals surface area contributed by atoms with Gasteiger partial charge in [-0.2, -0.15) is 0 Å². The van der Waals surface area contributed by atoms with E-state index in [-0.39, 0.29) is 6.10 Å². The molecule has 2 saturated heterocycles. The molecule has 0 atom stereocenters. The van der Waals surface area contributed by atoms with Crippen molar-refractivity contribution in [3.63, 3.8) is 0 Å². The van der Waals surface area contributed by atoms with E-state index in [4.69, 9.17) is 9.40 Å². The SMILES string of the molecule is Cc1oc(-c2ccc(-c3ccccc3)cc2)nc1CN1CCC(N2CCC(O)CC2)CC1. The monoisotopic (exact) mass is 431 g/mol. The van der Waals surface area contributed by atoms with E-state index >= 15 is 0 Å². The molecule has 0 aliphatic carbocycles. The van der Waals surface area contributed by atoms with Crippen LogP contribution >= 0.6 is 0 Å². The van der Waals surface area contributed by atoms with Gasteiger partial charge in [0.1, 0.15) is 5.76 Å². The molecule has 2 aromatic carbocycles. The minimum atomic E-state index is -0.0924. The van der Waals surface area contributed by atoms with Crippen molar-refractivity contribution in [1.82, 2.24) is 14.8 Å². The van der Waals surface area contributed by atoms with Crippen LogP contribution in [0.4, 0.5) is 0 Å². The van der Waals surface area contributed by atoms with Crippen LogP contribution in [0.15, 0.2) is 59.0 Å². The lowest BCUT2D eigenvalue weighted by Crippen LogP contribution is -2.48. The van der Waals surface area contributed by atoms with Gasteiger partial charge in [-0.15, -0.1) is 0 Å². The average molecular weight is 432 g/mol. The van der Waals surface area contributed by atoms with Gasteiger partial charge in [0.25, 0.3) is 0 Å². The van der Waals surface area contributed by atoms with Crippen LogP contribution in [0.2, 0.25) is 0 Å². The summed E-state index contributed by atoms with van der Waals surface area (Å²) in [6.45, 7) is 7.15. The summed E-state index contributed by atoms with van der Waals surface area (Å²) >= 11 is 0. The highest BCUT2D eigenvalue weighted by molar-refractivity contribution is 5.67. The molecule has 1 N–H and O–H groups in total. The minimum absolute atomic E-state index is 0.0924. The molecule has 0 bridgehead atoms. The van der Waals surface area contributed by atoms with Crippen molar-refractivity contribution in [2.75, 3.05) is 26.2 Å². The van der Waals surface area contributed by atoms with Gasteiger partial charge in [0.2, 0.25) is 5.89 Å². The van der Waals surface area contributed by atoms with Crippen molar-refractivity contribution < 1.29 is 9.52 Å². The fourth-order valence-electron chi connectivity index (χ4n) is 5.04. The average Bonchev–Trinajstić information content (AvgIpc) is 3.21. The highest BCUT2D eigenvalue weighted by Gasteiger charge is 2.28. The number of aliphatic hydroxyl groups is 1. The Hall–Kier alpha value is -2.47. The molecule has 0 spiro atoms. The molecule has 5 rings (SSSR count). The highest BCUT2D eigenvalue weighted by atomic mass is 16.4.